The molecule has 0 atom stereocenters. The first kappa shape index (κ1) is 41.5. The first-order valence-corrected chi connectivity index (χ1v) is 20.2. The van der Waals surface area contributed by atoms with Gasteiger partial charge in [-0.1, -0.05) is 218 Å². The fourth-order valence-electron chi connectivity index (χ4n) is 6.07. The van der Waals surface area contributed by atoms with Crippen LogP contribution in [0.3, 0.4) is 0 Å². The molecule has 0 aliphatic carbocycles. The van der Waals surface area contributed by atoms with Crippen molar-refractivity contribution in [2.45, 2.75) is 218 Å². The molecule has 1 nitrogen and oxygen atoms in total. The summed E-state index contributed by atoms with van der Waals surface area (Å²) < 4.78 is 0.629. The van der Waals surface area contributed by atoms with Crippen LogP contribution in [0.4, 0.5) is 0 Å². The van der Waals surface area contributed by atoms with E-state index >= 15 is 0 Å². The lowest BCUT2D eigenvalue weighted by molar-refractivity contribution is 0.511. The molecular formula is C37H74ClNS2. The van der Waals surface area contributed by atoms with Crippen LogP contribution < -0.4 is 5.32 Å². The lowest BCUT2D eigenvalue weighted by Crippen LogP contribution is -2.17. The highest BCUT2D eigenvalue weighted by Crippen LogP contribution is 2.17. The van der Waals surface area contributed by atoms with E-state index in [0.717, 1.165) is 12.4 Å². The lowest BCUT2D eigenvalue weighted by atomic mass is 10.0. The molecule has 0 aliphatic rings. The van der Waals surface area contributed by atoms with Crippen molar-refractivity contribution < 1.29 is 0 Å². The van der Waals surface area contributed by atoms with E-state index in [-0.39, 0.29) is 0 Å². The number of hydrogen-bond acceptors (Lipinski definition) is 1. The van der Waals surface area contributed by atoms with E-state index in [4.69, 9.17) is 23.8 Å². The average Bonchev–Trinajstić information content (AvgIpc) is 2.97. The van der Waals surface area contributed by atoms with Crippen molar-refractivity contribution in [3.63, 3.8) is 0 Å². The second-order valence-electron chi connectivity index (χ2n) is 12.9. The summed E-state index contributed by atoms with van der Waals surface area (Å²) in [4.78, 5) is 0. The molecule has 0 unspecified atom stereocenters. The molecule has 4 heteroatoms. The van der Waals surface area contributed by atoms with Crippen LogP contribution in [0.2, 0.25) is 0 Å². The van der Waals surface area contributed by atoms with E-state index in [2.05, 4.69) is 17.9 Å². The Balaban J connectivity index is 3.03. The van der Waals surface area contributed by atoms with Crippen molar-refractivity contribution in [1.82, 2.24) is 5.32 Å². The predicted octanol–water partition coefficient (Wildman–Crippen LogP) is 14.3. The largest absolute Gasteiger partial charge is 0.371 e. The zero-order chi connectivity index (χ0) is 29.7. The molecule has 0 saturated carbocycles. The molecule has 0 aliphatic heterocycles. The summed E-state index contributed by atoms with van der Waals surface area (Å²) in [5.74, 6) is 0.844. The number of nitrogens with one attached hydrogen (secondary N) is 1. The molecule has 0 heterocycles. The van der Waals surface area contributed by atoms with Crippen molar-refractivity contribution in [3.8, 4) is 0 Å². The first-order valence-electron chi connectivity index (χ1n) is 18.8. The van der Waals surface area contributed by atoms with Gasteiger partial charge in [0, 0.05) is 12.4 Å². The summed E-state index contributed by atoms with van der Waals surface area (Å²) in [7, 11) is 0. The maximum Gasteiger partial charge on any atom is 0.130 e. The number of halogens is 1. The lowest BCUT2D eigenvalue weighted by Gasteiger charge is -2.05. The maximum atomic E-state index is 5.73. The quantitative estimate of drug-likeness (QED) is 0.0309. The van der Waals surface area contributed by atoms with Crippen LogP contribution in [0.15, 0.2) is 0 Å². The van der Waals surface area contributed by atoms with Crippen LogP contribution in [0.1, 0.15) is 218 Å². The molecule has 0 aromatic rings. The molecule has 0 amide bonds. The van der Waals surface area contributed by atoms with Gasteiger partial charge in [-0.15, -0.1) is 24.2 Å². The zero-order valence-electron chi connectivity index (χ0n) is 27.7. The first-order chi connectivity index (χ1) is 20.3. The molecule has 0 aromatic carbocycles. The monoisotopic (exact) mass is 631 g/mol. The number of alkyl halides is 1. The van der Waals surface area contributed by atoms with Gasteiger partial charge < -0.3 is 5.32 Å². The van der Waals surface area contributed by atoms with Gasteiger partial charge in [-0.3, -0.25) is 0 Å². The molecule has 0 fully saturated rings. The number of rotatable bonds is 36. The van der Waals surface area contributed by atoms with E-state index < -0.39 is 0 Å². The highest BCUT2D eigenvalue weighted by molar-refractivity contribution is 8.11. The molecular weight excluding hydrogens is 558 g/mol. The summed E-state index contributed by atoms with van der Waals surface area (Å²) in [6.45, 7) is 0.987. The second-order valence-corrected chi connectivity index (χ2v) is 14.5. The Labute approximate surface area is 275 Å². The van der Waals surface area contributed by atoms with Gasteiger partial charge in [0.05, 0.1) is 0 Å². The maximum absolute atomic E-state index is 5.73. The van der Waals surface area contributed by atoms with Gasteiger partial charge in [0.15, 0.2) is 0 Å². The van der Waals surface area contributed by atoms with Gasteiger partial charge in [-0.05, 0) is 12.8 Å². The number of thiol groups is 1. The topological polar surface area (TPSA) is 12.0 Å². The van der Waals surface area contributed by atoms with Crippen molar-refractivity contribution in [3.05, 3.63) is 0 Å². The normalized spacial score (nSPS) is 11.4. The van der Waals surface area contributed by atoms with Crippen molar-refractivity contribution in [2.24, 2.45) is 0 Å². The molecule has 0 spiro atoms. The third-order valence-electron chi connectivity index (χ3n) is 8.84. The summed E-state index contributed by atoms with van der Waals surface area (Å²) in [6, 6.07) is 0. The van der Waals surface area contributed by atoms with E-state index in [0.29, 0.717) is 4.32 Å². The SMILES string of the molecule is S=C(S)NCCCCCCCCCCCCCCCCCCCCCCCCCCCCCCCCCCCCCl. The summed E-state index contributed by atoms with van der Waals surface area (Å²) in [6.07, 6.45) is 48.9. The summed E-state index contributed by atoms with van der Waals surface area (Å²) >= 11 is 14.7. The van der Waals surface area contributed by atoms with Crippen LogP contribution in [0, 0.1) is 0 Å². The predicted molar refractivity (Wildman–Crippen MR) is 197 cm³/mol. The van der Waals surface area contributed by atoms with Gasteiger partial charge in [-0.2, -0.15) is 0 Å². The van der Waals surface area contributed by atoms with Gasteiger partial charge in [0.1, 0.15) is 4.32 Å². The van der Waals surface area contributed by atoms with Gasteiger partial charge in [0.2, 0.25) is 0 Å². The van der Waals surface area contributed by atoms with Crippen LogP contribution in [0.5, 0.6) is 0 Å². The zero-order valence-corrected chi connectivity index (χ0v) is 30.2. The average molecular weight is 633 g/mol. The van der Waals surface area contributed by atoms with Crippen LogP contribution >= 0.6 is 36.4 Å². The van der Waals surface area contributed by atoms with Crippen LogP contribution in [0.25, 0.3) is 0 Å². The standard InChI is InChI=1S/C37H74ClNS2/c38-35-33-31-29-27-25-23-21-19-17-15-13-11-9-7-5-3-1-2-4-6-8-10-12-14-16-18-20-22-24-26-28-30-32-34-36-39-37(40)41/h1-36H2,(H2,39,40,41). The number of thiocarbonyl (C=S) groups is 1. The molecule has 0 bridgehead atoms. The molecule has 0 radical (unpaired) electrons. The molecule has 41 heavy (non-hydrogen) atoms. The Morgan fingerprint density at radius 3 is 0.683 bits per heavy atom. The smallest absolute Gasteiger partial charge is 0.130 e. The van der Waals surface area contributed by atoms with E-state index in [9.17, 15) is 0 Å². The van der Waals surface area contributed by atoms with E-state index in [1.54, 1.807) is 0 Å². The Bertz CT molecular complexity index is 488. The third kappa shape index (κ3) is 40.5. The molecule has 0 aromatic heterocycles. The van der Waals surface area contributed by atoms with Gasteiger partial charge >= 0.3 is 0 Å². The molecule has 246 valence electrons. The third-order valence-corrected chi connectivity index (χ3v) is 9.41. The Hall–Kier alpha value is 0.530. The fraction of sp³-hybridized carbons (Fsp3) is 0.973. The molecule has 1 N–H and O–H groups in total. The molecule has 0 rings (SSSR count). The summed E-state index contributed by atoms with van der Waals surface area (Å²) in [5, 5.41) is 3.12. The minimum absolute atomic E-state index is 0.629. The Kier molecular flexibility index (Phi) is 39.1. The van der Waals surface area contributed by atoms with Crippen molar-refractivity contribution in [2.75, 3.05) is 12.4 Å². The van der Waals surface area contributed by atoms with E-state index in [1.807, 2.05) is 0 Å². The highest BCUT2D eigenvalue weighted by atomic mass is 35.5. The highest BCUT2D eigenvalue weighted by Gasteiger charge is 1.97. The Morgan fingerprint density at radius 2 is 0.512 bits per heavy atom. The minimum atomic E-state index is 0.629. The number of unbranched alkanes of at least 4 members (excludes halogenated alkanes) is 33. The fourth-order valence-corrected chi connectivity index (χ4v) is 6.47. The second kappa shape index (κ2) is 38.6. The van der Waals surface area contributed by atoms with Crippen LogP contribution in [-0.4, -0.2) is 16.7 Å². The minimum Gasteiger partial charge on any atom is -0.371 e. The van der Waals surface area contributed by atoms with Crippen molar-refractivity contribution >= 4 is 40.8 Å². The van der Waals surface area contributed by atoms with E-state index in [1.165, 1.54) is 218 Å². The van der Waals surface area contributed by atoms with Crippen molar-refractivity contribution in [1.29, 1.82) is 0 Å². The van der Waals surface area contributed by atoms with Gasteiger partial charge in [-0.25, -0.2) is 0 Å². The summed E-state index contributed by atoms with van der Waals surface area (Å²) in [5.41, 5.74) is 0. The number of hydrogen-bond donors (Lipinski definition) is 2. The van der Waals surface area contributed by atoms with Gasteiger partial charge in [0.25, 0.3) is 0 Å². The van der Waals surface area contributed by atoms with Crippen LogP contribution in [-0.2, 0) is 0 Å². The Morgan fingerprint density at radius 1 is 0.341 bits per heavy atom. The molecule has 0 saturated heterocycles.